The quantitative estimate of drug-likeness (QED) is 0.922. The van der Waals surface area contributed by atoms with E-state index in [9.17, 15) is 4.79 Å². The minimum absolute atomic E-state index is 0.247. The molecule has 0 radical (unpaired) electrons. The lowest BCUT2D eigenvalue weighted by Crippen LogP contribution is -2.47. The Morgan fingerprint density at radius 1 is 1.26 bits per heavy atom. The Balaban J connectivity index is 1.55. The van der Waals surface area contributed by atoms with Crippen molar-refractivity contribution < 1.29 is 14.3 Å². The standard InChI is InChI=1S/C18H26N2O3/c1-19-15-4-2-9-20(13-15)18(21)8-6-14-5-7-16-17(12-14)23-11-3-10-22-16/h5,7,12,15,19H,2-4,6,8-11,13H2,1H3. The smallest absolute Gasteiger partial charge is 0.222 e. The molecule has 1 saturated heterocycles. The van der Waals surface area contributed by atoms with Crippen LogP contribution in [0, 0.1) is 0 Å². The van der Waals surface area contributed by atoms with Gasteiger partial charge in [-0.3, -0.25) is 4.79 Å². The zero-order chi connectivity index (χ0) is 16.1. The maximum atomic E-state index is 12.4. The molecule has 23 heavy (non-hydrogen) atoms. The monoisotopic (exact) mass is 318 g/mol. The molecule has 1 aromatic carbocycles. The normalized spacial score (nSPS) is 20.9. The number of nitrogens with one attached hydrogen (secondary N) is 1. The summed E-state index contributed by atoms with van der Waals surface area (Å²) in [5.41, 5.74) is 1.13. The Hall–Kier alpha value is -1.75. The average molecular weight is 318 g/mol. The maximum absolute atomic E-state index is 12.4. The van der Waals surface area contributed by atoms with Crippen LogP contribution in [0.25, 0.3) is 0 Å². The molecule has 1 N–H and O–H groups in total. The highest BCUT2D eigenvalue weighted by atomic mass is 16.5. The predicted octanol–water partition coefficient (Wildman–Crippen LogP) is 1.99. The first-order chi connectivity index (χ1) is 11.3. The zero-order valence-corrected chi connectivity index (χ0v) is 13.8. The number of benzene rings is 1. The highest BCUT2D eigenvalue weighted by Crippen LogP contribution is 2.30. The van der Waals surface area contributed by atoms with Crippen molar-refractivity contribution in [1.29, 1.82) is 0 Å². The Labute approximate surface area is 137 Å². The van der Waals surface area contributed by atoms with Crippen LogP contribution in [0.4, 0.5) is 0 Å². The highest BCUT2D eigenvalue weighted by molar-refractivity contribution is 5.76. The summed E-state index contributed by atoms with van der Waals surface area (Å²) in [6, 6.07) is 6.44. The molecule has 3 rings (SSSR count). The van der Waals surface area contributed by atoms with Gasteiger partial charge in [0.1, 0.15) is 0 Å². The second-order valence-electron chi connectivity index (χ2n) is 6.30. The molecule has 0 aliphatic carbocycles. The van der Waals surface area contributed by atoms with E-state index in [1.54, 1.807) is 0 Å². The first kappa shape index (κ1) is 16.1. The van der Waals surface area contributed by atoms with Crippen LogP contribution in [0.5, 0.6) is 11.5 Å². The fourth-order valence-corrected chi connectivity index (χ4v) is 3.21. The molecule has 0 bridgehead atoms. The Kier molecular flexibility index (Phi) is 5.39. The van der Waals surface area contributed by atoms with Gasteiger partial charge in [-0.1, -0.05) is 6.07 Å². The number of carbonyl (C=O) groups is 1. The summed E-state index contributed by atoms with van der Waals surface area (Å²) in [7, 11) is 1.97. The minimum Gasteiger partial charge on any atom is -0.490 e. The van der Waals surface area contributed by atoms with Gasteiger partial charge in [0.25, 0.3) is 0 Å². The number of fused-ring (bicyclic) bond motifs is 1. The van der Waals surface area contributed by atoms with Crippen LogP contribution in [0.1, 0.15) is 31.2 Å². The van der Waals surface area contributed by atoms with E-state index in [0.717, 1.165) is 55.8 Å². The van der Waals surface area contributed by atoms with E-state index in [-0.39, 0.29) is 5.91 Å². The predicted molar refractivity (Wildman–Crippen MR) is 89.0 cm³/mol. The lowest BCUT2D eigenvalue weighted by atomic mass is 10.0. The van der Waals surface area contributed by atoms with E-state index in [4.69, 9.17) is 9.47 Å². The summed E-state index contributed by atoms with van der Waals surface area (Å²) in [6.07, 6.45) is 4.44. The molecule has 0 saturated carbocycles. The molecule has 1 atom stereocenters. The van der Waals surface area contributed by atoms with E-state index >= 15 is 0 Å². The van der Waals surface area contributed by atoms with Crippen LogP contribution in [0.3, 0.4) is 0 Å². The zero-order valence-electron chi connectivity index (χ0n) is 13.8. The molecule has 1 amide bonds. The molecule has 1 aromatic rings. The molecule has 1 fully saturated rings. The third kappa shape index (κ3) is 4.16. The van der Waals surface area contributed by atoms with Crippen molar-refractivity contribution in [3.05, 3.63) is 23.8 Å². The minimum atomic E-state index is 0.247. The van der Waals surface area contributed by atoms with Crippen molar-refractivity contribution in [3.63, 3.8) is 0 Å². The SMILES string of the molecule is CNC1CCCN(C(=O)CCc2ccc3c(c2)OCCCO3)C1. The number of piperidine rings is 1. The van der Waals surface area contributed by atoms with Crippen LogP contribution >= 0.6 is 0 Å². The molecule has 5 nitrogen and oxygen atoms in total. The van der Waals surface area contributed by atoms with Crippen LogP contribution in [-0.2, 0) is 11.2 Å². The van der Waals surface area contributed by atoms with Crippen LogP contribution in [0.15, 0.2) is 18.2 Å². The Morgan fingerprint density at radius 3 is 2.91 bits per heavy atom. The van der Waals surface area contributed by atoms with E-state index in [1.807, 2.05) is 30.1 Å². The highest BCUT2D eigenvalue weighted by Gasteiger charge is 2.22. The lowest BCUT2D eigenvalue weighted by Gasteiger charge is -2.32. The first-order valence-corrected chi connectivity index (χ1v) is 8.60. The third-order valence-corrected chi connectivity index (χ3v) is 4.62. The molecular weight excluding hydrogens is 292 g/mol. The van der Waals surface area contributed by atoms with E-state index in [1.165, 1.54) is 0 Å². The lowest BCUT2D eigenvalue weighted by molar-refractivity contribution is -0.132. The van der Waals surface area contributed by atoms with Gasteiger partial charge in [0.15, 0.2) is 11.5 Å². The number of hydrogen-bond donors (Lipinski definition) is 1. The first-order valence-electron chi connectivity index (χ1n) is 8.60. The fraction of sp³-hybridized carbons (Fsp3) is 0.611. The summed E-state index contributed by atoms with van der Waals surface area (Å²) in [5.74, 6) is 1.86. The Bertz CT molecular complexity index is 547. The van der Waals surface area contributed by atoms with Gasteiger partial charge in [-0.2, -0.15) is 0 Å². The fourth-order valence-electron chi connectivity index (χ4n) is 3.21. The number of likely N-dealkylation sites (N-methyl/N-ethyl adjacent to an activating group) is 1. The van der Waals surface area contributed by atoms with Crippen LogP contribution < -0.4 is 14.8 Å². The molecule has 2 aliphatic rings. The maximum Gasteiger partial charge on any atom is 0.222 e. The van der Waals surface area contributed by atoms with Gasteiger partial charge < -0.3 is 19.7 Å². The summed E-state index contributed by atoms with van der Waals surface area (Å²) < 4.78 is 11.4. The molecule has 5 heteroatoms. The van der Waals surface area contributed by atoms with Gasteiger partial charge in [-0.25, -0.2) is 0 Å². The number of hydrogen-bond acceptors (Lipinski definition) is 4. The third-order valence-electron chi connectivity index (χ3n) is 4.62. The molecule has 126 valence electrons. The largest absolute Gasteiger partial charge is 0.490 e. The number of amides is 1. The number of rotatable bonds is 4. The second kappa shape index (κ2) is 7.68. The van der Waals surface area contributed by atoms with Crippen molar-refractivity contribution in [2.24, 2.45) is 0 Å². The number of nitrogens with zero attached hydrogens (tertiary/aromatic N) is 1. The van der Waals surface area contributed by atoms with Gasteiger partial charge in [0.2, 0.25) is 5.91 Å². The summed E-state index contributed by atoms with van der Waals surface area (Å²) in [5, 5.41) is 3.28. The van der Waals surface area contributed by atoms with Crippen molar-refractivity contribution in [2.45, 2.75) is 38.1 Å². The molecule has 0 spiro atoms. The van der Waals surface area contributed by atoms with E-state index in [0.29, 0.717) is 25.7 Å². The average Bonchev–Trinajstić information content (AvgIpc) is 2.84. The molecule has 1 unspecified atom stereocenters. The summed E-state index contributed by atoms with van der Waals surface area (Å²) in [6.45, 7) is 3.11. The van der Waals surface area contributed by atoms with Gasteiger partial charge in [-0.05, 0) is 44.0 Å². The van der Waals surface area contributed by atoms with Gasteiger partial charge >= 0.3 is 0 Å². The van der Waals surface area contributed by atoms with Crippen LogP contribution in [-0.4, -0.2) is 50.2 Å². The summed E-state index contributed by atoms with van der Waals surface area (Å²) >= 11 is 0. The van der Waals surface area contributed by atoms with E-state index in [2.05, 4.69) is 5.32 Å². The topological polar surface area (TPSA) is 50.8 Å². The van der Waals surface area contributed by atoms with Crippen molar-refractivity contribution in [2.75, 3.05) is 33.4 Å². The number of likely N-dealkylation sites (tertiary alicyclic amines) is 1. The number of ether oxygens (including phenoxy) is 2. The van der Waals surface area contributed by atoms with Gasteiger partial charge in [-0.15, -0.1) is 0 Å². The number of carbonyl (C=O) groups excluding carboxylic acids is 1. The molecular formula is C18H26N2O3. The van der Waals surface area contributed by atoms with Crippen molar-refractivity contribution in [3.8, 4) is 11.5 Å². The van der Waals surface area contributed by atoms with Crippen LogP contribution in [0.2, 0.25) is 0 Å². The Morgan fingerprint density at radius 2 is 2.09 bits per heavy atom. The van der Waals surface area contributed by atoms with Crippen molar-refractivity contribution in [1.82, 2.24) is 10.2 Å². The number of aryl methyl sites for hydroxylation is 1. The second-order valence-corrected chi connectivity index (χ2v) is 6.30. The molecule has 2 heterocycles. The molecule has 0 aromatic heterocycles. The molecule has 2 aliphatic heterocycles. The summed E-state index contributed by atoms with van der Waals surface area (Å²) in [4.78, 5) is 14.4. The van der Waals surface area contributed by atoms with Gasteiger partial charge in [0.05, 0.1) is 13.2 Å². The van der Waals surface area contributed by atoms with Gasteiger partial charge in [0, 0.05) is 32.0 Å². The van der Waals surface area contributed by atoms with Crippen molar-refractivity contribution >= 4 is 5.91 Å². The van der Waals surface area contributed by atoms with E-state index < -0.39 is 0 Å².